The number of benzene rings is 1. The predicted octanol–water partition coefficient (Wildman–Crippen LogP) is 0.966. The van der Waals surface area contributed by atoms with E-state index in [4.69, 9.17) is 4.52 Å². The number of sulfonamides is 1. The zero-order valence-electron chi connectivity index (χ0n) is 12.0. The molecule has 7 nitrogen and oxygen atoms in total. The summed E-state index contributed by atoms with van der Waals surface area (Å²) in [6, 6.07) is 6.88. The molecule has 2 N–H and O–H groups in total. The van der Waals surface area contributed by atoms with Crippen LogP contribution in [0.4, 0.5) is 0 Å². The zero-order chi connectivity index (χ0) is 15.3. The van der Waals surface area contributed by atoms with Crippen LogP contribution >= 0.6 is 0 Å². The van der Waals surface area contributed by atoms with Crippen LogP contribution in [0.3, 0.4) is 0 Å². The van der Waals surface area contributed by atoms with Gasteiger partial charge in [-0.3, -0.25) is 0 Å². The Morgan fingerprint density at radius 1 is 1.24 bits per heavy atom. The molecule has 0 saturated carbocycles. The van der Waals surface area contributed by atoms with Crippen LogP contribution < -0.4 is 10.0 Å². The monoisotopic (exact) mass is 310 g/mol. The van der Waals surface area contributed by atoms with Crippen LogP contribution in [0.15, 0.2) is 33.7 Å². The molecule has 0 aliphatic carbocycles. The Bertz CT molecular complexity index is 697. The van der Waals surface area contributed by atoms with E-state index in [2.05, 4.69) is 20.2 Å². The van der Waals surface area contributed by atoms with E-state index >= 15 is 0 Å². The van der Waals surface area contributed by atoms with Gasteiger partial charge >= 0.3 is 0 Å². The van der Waals surface area contributed by atoms with E-state index in [9.17, 15) is 8.42 Å². The quantitative estimate of drug-likeness (QED) is 0.791. The molecule has 2 rings (SSSR count). The second-order valence-electron chi connectivity index (χ2n) is 4.44. The van der Waals surface area contributed by atoms with Gasteiger partial charge in [-0.2, -0.15) is 4.98 Å². The highest BCUT2D eigenvalue weighted by Crippen LogP contribution is 2.15. The van der Waals surface area contributed by atoms with Crippen molar-refractivity contribution in [2.24, 2.45) is 0 Å². The first-order chi connectivity index (χ1) is 10.0. The second-order valence-corrected chi connectivity index (χ2v) is 6.18. The lowest BCUT2D eigenvalue weighted by Gasteiger charge is -2.10. The molecule has 1 aromatic carbocycles. The third-order valence-corrected chi connectivity index (χ3v) is 4.32. The van der Waals surface area contributed by atoms with E-state index in [0.717, 1.165) is 12.1 Å². The van der Waals surface area contributed by atoms with Gasteiger partial charge in [-0.1, -0.05) is 30.3 Å². The van der Waals surface area contributed by atoms with Crippen molar-refractivity contribution in [3.63, 3.8) is 0 Å². The molecule has 0 unspecified atom stereocenters. The SMILES string of the molecule is CCNCc1ccccc1S(=O)(=O)NCc1noc(C)n1. The minimum Gasteiger partial charge on any atom is -0.340 e. The number of nitrogens with zero attached hydrogens (tertiary/aromatic N) is 2. The lowest BCUT2D eigenvalue weighted by molar-refractivity contribution is 0.387. The average molecular weight is 310 g/mol. The van der Waals surface area contributed by atoms with Gasteiger partial charge in [-0.05, 0) is 18.2 Å². The van der Waals surface area contributed by atoms with Crippen molar-refractivity contribution >= 4 is 10.0 Å². The third-order valence-electron chi connectivity index (χ3n) is 2.82. The molecule has 1 heterocycles. The summed E-state index contributed by atoms with van der Waals surface area (Å²) in [6.45, 7) is 4.87. The second kappa shape index (κ2) is 6.79. The molecule has 21 heavy (non-hydrogen) atoms. The van der Waals surface area contributed by atoms with E-state index < -0.39 is 10.0 Å². The summed E-state index contributed by atoms with van der Waals surface area (Å²) < 4.78 is 32.0. The first kappa shape index (κ1) is 15.6. The molecule has 0 saturated heterocycles. The molecule has 0 bridgehead atoms. The predicted molar refractivity (Wildman–Crippen MR) is 76.9 cm³/mol. The Kier molecular flexibility index (Phi) is 5.05. The fourth-order valence-electron chi connectivity index (χ4n) is 1.82. The molecule has 0 radical (unpaired) electrons. The number of hydrogen-bond acceptors (Lipinski definition) is 6. The standard InChI is InChI=1S/C13H18N4O3S/c1-3-14-8-11-6-4-5-7-12(11)21(18,19)15-9-13-16-10(2)20-17-13/h4-7,14-15H,3,8-9H2,1-2H3. The Morgan fingerprint density at radius 2 is 2.00 bits per heavy atom. The number of aromatic nitrogens is 2. The van der Waals surface area contributed by atoms with Gasteiger partial charge in [0.1, 0.15) is 0 Å². The van der Waals surface area contributed by atoms with Gasteiger partial charge in [-0.25, -0.2) is 13.1 Å². The van der Waals surface area contributed by atoms with E-state index in [1.165, 1.54) is 0 Å². The van der Waals surface area contributed by atoms with Crippen molar-refractivity contribution in [1.82, 2.24) is 20.2 Å². The molecule has 8 heteroatoms. The first-order valence-electron chi connectivity index (χ1n) is 6.60. The van der Waals surface area contributed by atoms with Gasteiger partial charge in [0.2, 0.25) is 15.9 Å². The summed E-state index contributed by atoms with van der Waals surface area (Å²) in [6.07, 6.45) is 0. The highest BCUT2D eigenvalue weighted by Gasteiger charge is 2.18. The van der Waals surface area contributed by atoms with Crippen LogP contribution in [-0.2, 0) is 23.1 Å². The van der Waals surface area contributed by atoms with Gasteiger partial charge in [0.05, 0.1) is 11.4 Å². The van der Waals surface area contributed by atoms with Gasteiger partial charge in [0.25, 0.3) is 0 Å². The van der Waals surface area contributed by atoms with Crippen molar-refractivity contribution in [1.29, 1.82) is 0 Å². The minimum absolute atomic E-state index is 0.00475. The van der Waals surface area contributed by atoms with Crippen LogP contribution in [0.1, 0.15) is 24.2 Å². The summed E-state index contributed by atoms with van der Waals surface area (Å²) >= 11 is 0. The summed E-state index contributed by atoms with van der Waals surface area (Å²) in [5.74, 6) is 0.706. The molecule has 114 valence electrons. The fraction of sp³-hybridized carbons (Fsp3) is 0.385. The van der Waals surface area contributed by atoms with Crippen LogP contribution in [0, 0.1) is 6.92 Å². The van der Waals surface area contributed by atoms with E-state index in [-0.39, 0.29) is 11.4 Å². The molecule has 0 spiro atoms. The van der Waals surface area contributed by atoms with Crippen LogP contribution in [0.5, 0.6) is 0 Å². The van der Waals surface area contributed by atoms with Crippen molar-refractivity contribution in [2.75, 3.05) is 6.54 Å². The molecule has 0 aliphatic rings. The molecule has 0 amide bonds. The Morgan fingerprint density at radius 3 is 2.67 bits per heavy atom. The van der Waals surface area contributed by atoms with Gasteiger partial charge in [0, 0.05) is 13.5 Å². The maximum atomic E-state index is 12.4. The maximum Gasteiger partial charge on any atom is 0.241 e. The summed E-state index contributed by atoms with van der Waals surface area (Å²) in [4.78, 5) is 4.22. The van der Waals surface area contributed by atoms with Crippen LogP contribution in [0.2, 0.25) is 0 Å². The molecular weight excluding hydrogens is 292 g/mol. The van der Waals surface area contributed by atoms with Crippen LogP contribution in [0.25, 0.3) is 0 Å². The molecular formula is C13H18N4O3S. The third kappa shape index (κ3) is 4.10. The molecule has 0 fully saturated rings. The first-order valence-corrected chi connectivity index (χ1v) is 8.08. The smallest absolute Gasteiger partial charge is 0.241 e. The summed E-state index contributed by atoms with van der Waals surface area (Å²) in [5, 5.41) is 6.78. The fourth-order valence-corrected chi connectivity index (χ4v) is 3.04. The van der Waals surface area contributed by atoms with Crippen molar-refractivity contribution in [3.8, 4) is 0 Å². The minimum atomic E-state index is -3.62. The number of hydrogen-bond donors (Lipinski definition) is 2. The number of rotatable bonds is 7. The van der Waals surface area contributed by atoms with Crippen molar-refractivity contribution < 1.29 is 12.9 Å². The lowest BCUT2D eigenvalue weighted by Crippen LogP contribution is -2.26. The summed E-state index contributed by atoms with van der Waals surface area (Å²) in [7, 11) is -3.62. The van der Waals surface area contributed by atoms with Crippen molar-refractivity contribution in [2.45, 2.75) is 31.8 Å². The maximum absolute atomic E-state index is 12.4. The van der Waals surface area contributed by atoms with Crippen molar-refractivity contribution in [3.05, 3.63) is 41.5 Å². The zero-order valence-corrected chi connectivity index (χ0v) is 12.8. The van der Waals surface area contributed by atoms with Gasteiger partial charge < -0.3 is 9.84 Å². The van der Waals surface area contributed by atoms with E-state index in [1.807, 2.05) is 13.0 Å². The topological polar surface area (TPSA) is 97.1 Å². The molecule has 1 aromatic heterocycles. The normalized spacial score (nSPS) is 11.7. The average Bonchev–Trinajstić information content (AvgIpc) is 2.89. The highest BCUT2D eigenvalue weighted by molar-refractivity contribution is 7.89. The lowest BCUT2D eigenvalue weighted by atomic mass is 10.2. The van der Waals surface area contributed by atoms with E-state index in [1.54, 1.807) is 25.1 Å². The van der Waals surface area contributed by atoms with Crippen LogP contribution in [-0.4, -0.2) is 25.1 Å². The molecule has 2 aromatic rings. The Hall–Kier alpha value is -1.77. The summed E-state index contributed by atoms with van der Waals surface area (Å²) in [5.41, 5.74) is 0.719. The number of nitrogens with one attached hydrogen (secondary N) is 2. The number of aryl methyl sites for hydroxylation is 1. The Balaban J connectivity index is 2.15. The molecule has 0 atom stereocenters. The largest absolute Gasteiger partial charge is 0.340 e. The van der Waals surface area contributed by atoms with Gasteiger partial charge in [0.15, 0.2) is 5.82 Å². The highest BCUT2D eigenvalue weighted by atomic mass is 32.2. The molecule has 0 aliphatic heterocycles. The Labute approximate surface area is 123 Å². The van der Waals surface area contributed by atoms with Gasteiger partial charge in [-0.15, -0.1) is 0 Å². The van der Waals surface area contributed by atoms with E-state index in [0.29, 0.717) is 18.3 Å².